The third-order valence-corrected chi connectivity index (χ3v) is 2.06. The minimum atomic E-state index is 1.08. The lowest BCUT2D eigenvalue weighted by Crippen LogP contribution is -1.85. The fourth-order valence-electron chi connectivity index (χ4n) is 1.39. The molecule has 0 aliphatic carbocycles. The first-order valence-corrected chi connectivity index (χ1v) is 5.10. The van der Waals surface area contributed by atoms with E-state index in [1.54, 1.807) is 0 Å². The van der Waals surface area contributed by atoms with Crippen molar-refractivity contribution in [1.82, 2.24) is 4.98 Å². The molecule has 1 nitrogen and oxygen atoms in total. The molecule has 0 N–H and O–H groups in total. The highest BCUT2D eigenvalue weighted by Gasteiger charge is 1.96. The van der Waals surface area contributed by atoms with Gasteiger partial charge in [-0.25, -0.2) is 0 Å². The molecule has 0 saturated carbocycles. The van der Waals surface area contributed by atoms with E-state index in [2.05, 4.69) is 36.2 Å². The molecule has 0 radical (unpaired) electrons. The molecule has 1 aromatic heterocycles. The van der Waals surface area contributed by atoms with Crippen LogP contribution in [0.3, 0.4) is 0 Å². The lowest BCUT2D eigenvalue weighted by molar-refractivity contribution is 1.24. The van der Waals surface area contributed by atoms with Crippen LogP contribution in [0.15, 0.2) is 30.3 Å². The molecule has 0 amide bonds. The van der Waals surface area contributed by atoms with Crippen LogP contribution in [0.4, 0.5) is 0 Å². The number of para-hydroxylation sites is 1. The van der Waals surface area contributed by atoms with Crippen LogP contribution in [-0.4, -0.2) is 4.98 Å². The average Bonchev–Trinajstić information content (AvgIpc) is 2.22. The molecular weight excluding hydrogens is 170 g/mol. The molecule has 0 aliphatic rings. The van der Waals surface area contributed by atoms with Crippen molar-refractivity contribution in [3.63, 3.8) is 0 Å². The molecule has 1 heterocycles. The van der Waals surface area contributed by atoms with Crippen LogP contribution in [-0.2, 0) is 0 Å². The molecule has 1 aromatic carbocycles. The van der Waals surface area contributed by atoms with Crippen LogP contribution in [0.1, 0.15) is 25.1 Å². The van der Waals surface area contributed by atoms with E-state index in [1.807, 2.05) is 26.8 Å². The smallest absolute Gasteiger partial charge is 0.0734 e. The number of benzene rings is 1. The molecule has 0 aliphatic heterocycles. The molecule has 1 heteroatoms. The number of hydrogen-bond donors (Lipinski definition) is 0. The van der Waals surface area contributed by atoms with Crippen molar-refractivity contribution < 1.29 is 0 Å². The SMILES string of the molecule is CC.Cc1ccc2cccc(C)c2n1. The minimum Gasteiger partial charge on any atom is -0.253 e. The fraction of sp³-hybridized carbons (Fsp3) is 0.308. The Morgan fingerprint density at radius 2 is 1.64 bits per heavy atom. The third-order valence-electron chi connectivity index (χ3n) is 2.06. The molecule has 0 saturated heterocycles. The normalized spacial score (nSPS) is 9.43. The van der Waals surface area contributed by atoms with Crippen LogP contribution < -0.4 is 0 Å². The molecular formula is C13H17N. The first-order valence-electron chi connectivity index (χ1n) is 5.10. The summed E-state index contributed by atoms with van der Waals surface area (Å²) in [5.41, 5.74) is 3.45. The zero-order valence-corrected chi connectivity index (χ0v) is 9.33. The van der Waals surface area contributed by atoms with Gasteiger partial charge < -0.3 is 0 Å². The second-order valence-corrected chi connectivity index (χ2v) is 3.10. The highest BCUT2D eigenvalue weighted by molar-refractivity contribution is 5.81. The first kappa shape index (κ1) is 10.7. The van der Waals surface area contributed by atoms with E-state index in [1.165, 1.54) is 10.9 Å². The van der Waals surface area contributed by atoms with Crippen LogP contribution >= 0.6 is 0 Å². The van der Waals surface area contributed by atoms with Gasteiger partial charge in [0, 0.05) is 11.1 Å². The van der Waals surface area contributed by atoms with Gasteiger partial charge in [-0.2, -0.15) is 0 Å². The predicted octanol–water partition coefficient (Wildman–Crippen LogP) is 3.88. The summed E-state index contributed by atoms with van der Waals surface area (Å²) in [5.74, 6) is 0. The molecule has 14 heavy (non-hydrogen) atoms. The maximum atomic E-state index is 4.48. The van der Waals surface area contributed by atoms with Gasteiger partial charge in [-0.1, -0.05) is 38.1 Å². The van der Waals surface area contributed by atoms with Gasteiger partial charge in [0.05, 0.1) is 5.52 Å². The van der Waals surface area contributed by atoms with Crippen LogP contribution in [0.25, 0.3) is 10.9 Å². The Hall–Kier alpha value is -1.37. The van der Waals surface area contributed by atoms with Gasteiger partial charge in [0.25, 0.3) is 0 Å². The van der Waals surface area contributed by atoms with Crippen molar-refractivity contribution >= 4 is 10.9 Å². The topological polar surface area (TPSA) is 12.9 Å². The monoisotopic (exact) mass is 187 g/mol. The van der Waals surface area contributed by atoms with Gasteiger partial charge in [0.2, 0.25) is 0 Å². The number of aromatic nitrogens is 1. The summed E-state index contributed by atoms with van der Waals surface area (Å²) >= 11 is 0. The van der Waals surface area contributed by atoms with E-state index >= 15 is 0 Å². The Kier molecular flexibility index (Phi) is 3.63. The standard InChI is InChI=1S/C11H11N.C2H6/c1-8-4-3-5-10-7-6-9(2)12-11(8)10;1-2/h3-7H,1-2H3;1-2H3. The van der Waals surface area contributed by atoms with Gasteiger partial charge in [0.15, 0.2) is 0 Å². The summed E-state index contributed by atoms with van der Waals surface area (Å²) in [6.07, 6.45) is 0. The number of fused-ring (bicyclic) bond motifs is 1. The third kappa shape index (κ3) is 2.11. The summed E-state index contributed by atoms with van der Waals surface area (Å²) in [4.78, 5) is 4.48. The summed E-state index contributed by atoms with van der Waals surface area (Å²) in [6, 6.07) is 10.4. The molecule has 2 aromatic rings. The Bertz CT molecular complexity index is 419. The number of hydrogen-bond acceptors (Lipinski definition) is 1. The van der Waals surface area contributed by atoms with Gasteiger partial charge in [0.1, 0.15) is 0 Å². The van der Waals surface area contributed by atoms with E-state index < -0.39 is 0 Å². The van der Waals surface area contributed by atoms with E-state index in [4.69, 9.17) is 0 Å². The van der Waals surface area contributed by atoms with Gasteiger partial charge >= 0.3 is 0 Å². The van der Waals surface area contributed by atoms with E-state index in [-0.39, 0.29) is 0 Å². The summed E-state index contributed by atoms with van der Waals surface area (Å²) < 4.78 is 0. The van der Waals surface area contributed by atoms with Gasteiger partial charge in [-0.05, 0) is 25.5 Å². The Morgan fingerprint density at radius 3 is 2.36 bits per heavy atom. The maximum Gasteiger partial charge on any atom is 0.0734 e. The Labute approximate surface area is 85.8 Å². The largest absolute Gasteiger partial charge is 0.253 e. The van der Waals surface area contributed by atoms with Crippen LogP contribution in [0, 0.1) is 13.8 Å². The van der Waals surface area contributed by atoms with E-state index in [0.717, 1.165) is 11.2 Å². The molecule has 0 fully saturated rings. The number of pyridine rings is 1. The van der Waals surface area contributed by atoms with Crippen molar-refractivity contribution in [2.24, 2.45) is 0 Å². The molecule has 0 spiro atoms. The van der Waals surface area contributed by atoms with Crippen molar-refractivity contribution in [3.8, 4) is 0 Å². The number of rotatable bonds is 0. The fourth-order valence-corrected chi connectivity index (χ4v) is 1.39. The second-order valence-electron chi connectivity index (χ2n) is 3.10. The van der Waals surface area contributed by atoms with Crippen molar-refractivity contribution in [1.29, 1.82) is 0 Å². The molecule has 74 valence electrons. The first-order chi connectivity index (χ1) is 6.77. The molecule has 0 unspecified atom stereocenters. The lowest BCUT2D eigenvalue weighted by atomic mass is 10.1. The summed E-state index contributed by atoms with van der Waals surface area (Å²) in [6.45, 7) is 8.11. The van der Waals surface area contributed by atoms with Crippen molar-refractivity contribution in [2.75, 3.05) is 0 Å². The average molecular weight is 187 g/mol. The second kappa shape index (κ2) is 4.75. The van der Waals surface area contributed by atoms with Crippen molar-refractivity contribution in [2.45, 2.75) is 27.7 Å². The maximum absolute atomic E-state index is 4.48. The summed E-state index contributed by atoms with van der Waals surface area (Å²) in [5, 5.41) is 1.22. The number of nitrogens with zero attached hydrogens (tertiary/aromatic N) is 1. The Balaban J connectivity index is 0.000000461. The van der Waals surface area contributed by atoms with Crippen molar-refractivity contribution in [3.05, 3.63) is 41.6 Å². The molecule has 0 atom stereocenters. The quantitative estimate of drug-likeness (QED) is 0.610. The highest BCUT2D eigenvalue weighted by atomic mass is 14.7. The zero-order chi connectivity index (χ0) is 10.6. The lowest BCUT2D eigenvalue weighted by Gasteiger charge is -2.00. The minimum absolute atomic E-state index is 1.08. The molecule has 2 rings (SSSR count). The number of aryl methyl sites for hydroxylation is 2. The Morgan fingerprint density at radius 1 is 0.929 bits per heavy atom. The van der Waals surface area contributed by atoms with E-state index in [0.29, 0.717) is 0 Å². The van der Waals surface area contributed by atoms with Crippen LogP contribution in [0.5, 0.6) is 0 Å². The van der Waals surface area contributed by atoms with Crippen LogP contribution in [0.2, 0.25) is 0 Å². The molecule has 0 bridgehead atoms. The van der Waals surface area contributed by atoms with Gasteiger partial charge in [-0.3, -0.25) is 4.98 Å². The van der Waals surface area contributed by atoms with Gasteiger partial charge in [-0.15, -0.1) is 0 Å². The summed E-state index contributed by atoms with van der Waals surface area (Å²) in [7, 11) is 0. The predicted molar refractivity (Wildman–Crippen MR) is 62.6 cm³/mol. The highest BCUT2D eigenvalue weighted by Crippen LogP contribution is 2.15. The zero-order valence-electron chi connectivity index (χ0n) is 9.33. The van der Waals surface area contributed by atoms with E-state index in [9.17, 15) is 0 Å².